The van der Waals surface area contributed by atoms with E-state index >= 15 is 0 Å². The standard InChI is InChI=1S/C29H31FN6O2/c1-5-20(24(32)11-12-31)27(22-16-35-13-7-9-19-8-6-10-21(22)28(19)35)34-29(17(2)3)33-25-15-26(36(37)38)23(30)14-18(25)4/h5-6,8,10-12,14-16,31,33H,7,9,13,32H2,1-4H3/b20-5-,24-11-,31-12?,34-27+. The van der Waals surface area contributed by atoms with E-state index in [1.54, 1.807) is 6.92 Å². The maximum atomic E-state index is 14.2. The number of aromatic nitrogens is 1. The third-order valence-corrected chi connectivity index (χ3v) is 6.64. The van der Waals surface area contributed by atoms with Crippen molar-refractivity contribution in [1.82, 2.24) is 4.57 Å². The fraction of sp³-hybridized carbons (Fsp3) is 0.241. The lowest BCUT2D eigenvalue weighted by Gasteiger charge is -2.16. The molecule has 4 rings (SSSR count). The minimum atomic E-state index is -0.893. The second-order valence-corrected chi connectivity index (χ2v) is 9.45. The van der Waals surface area contributed by atoms with Crippen LogP contribution in [0, 0.1) is 28.3 Å². The second-order valence-electron chi connectivity index (χ2n) is 9.45. The minimum Gasteiger partial charge on any atom is -0.398 e. The van der Waals surface area contributed by atoms with Gasteiger partial charge in [-0.3, -0.25) is 10.1 Å². The third-order valence-electron chi connectivity index (χ3n) is 6.64. The maximum absolute atomic E-state index is 14.2. The van der Waals surface area contributed by atoms with Crippen molar-refractivity contribution in [2.75, 3.05) is 5.32 Å². The molecular formula is C29H31FN6O2. The van der Waals surface area contributed by atoms with Crippen LogP contribution in [-0.2, 0) is 13.0 Å². The van der Waals surface area contributed by atoms with Crippen LogP contribution in [-0.4, -0.2) is 21.4 Å². The molecule has 3 aromatic rings. The first-order valence-electron chi connectivity index (χ1n) is 12.4. The molecule has 2 heterocycles. The molecule has 0 bridgehead atoms. The zero-order valence-corrected chi connectivity index (χ0v) is 21.9. The third kappa shape index (κ3) is 5.00. The number of hydrogen-bond acceptors (Lipinski definition) is 6. The summed E-state index contributed by atoms with van der Waals surface area (Å²) in [6, 6.07) is 8.58. The summed E-state index contributed by atoms with van der Waals surface area (Å²) in [5, 5.41) is 23.2. The summed E-state index contributed by atoms with van der Waals surface area (Å²) < 4.78 is 16.4. The molecule has 2 aromatic carbocycles. The Morgan fingerprint density at radius 3 is 2.74 bits per heavy atom. The van der Waals surface area contributed by atoms with E-state index in [0.717, 1.165) is 48.2 Å². The molecule has 1 aromatic heterocycles. The zero-order chi connectivity index (χ0) is 27.6. The summed E-state index contributed by atoms with van der Waals surface area (Å²) in [7, 11) is 0. The first-order valence-corrected chi connectivity index (χ1v) is 12.4. The number of nitro groups is 1. The van der Waals surface area contributed by atoms with Gasteiger partial charge in [0, 0.05) is 52.9 Å². The SMILES string of the molecule is C/C=C(C(/N)=C/C=N)\C(=N/C(Nc1cc([N+](=O)[O-])c(F)cc1C)=C(C)C)c1cn2c3c(cccc13)CCC2. The van der Waals surface area contributed by atoms with E-state index in [9.17, 15) is 14.5 Å². The van der Waals surface area contributed by atoms with Crippen LogP contribution in [0.2, 0.25) is 0 Å². The first-order chi connectivity index (χ1) is 18.2. The van der Waals surface area contributed by atoms with Gasteiger partial charge in [-0.05, 0) is 69.4 Å². The predicted octanol–water partition coefficient (Wildman–Crippen LogP) is 6.53. The van der Waals surface area contributed by atoms with Crippen LogP contribution >= 0.6 is 0 Å². The highest BCUT2D eigenvalue weighted by Gasteiger charge is 2.23. The average molecular weight is 515 g/mol. The first kappa shape index (κ1) is 26.5. The number of rotatable bonds is 8. The van der Waals surface area contributed by atoms with Gasteiger partial charge in [-0.1, -0.05) is 24.3 Å². The molecule has 38 heavy (non-hydrogen) atoms. The summed E-state index contributed by atoms with van der Waals surface area (Å²) in [5.74, 6) is -0.436. The second kappa shape index (κ2) is 10.8. The van der Waals surface area contributed by atoms with Crippen molar-refractivity contribution in [2.24, 2.45) is 10.7 Å². The number of aliphatic imine (C=N–C) groups is 1. The van der Waals surface area contributed by atoms with Gasteiger partial charge < -0.3 is 21.0 Å². The Balaban J connectivity index is 1.95. The van der Waals surface area contributed by atoms with Crippen molar-refractivity contribution in [2.45, 2.75) is 47.1 Å². The fourth-order valence-corrected chi connectivity index (χ4v) is 4.77. The Bertz CT molecular complexity index is 1570. The number of nitro benzene ring substituents is 1. The highest BCUT2D eigenvalue weighted by molar-refractivity contribution is 6.22. The molecule has 196 valence electrons. The molecule has 4 N–H and O–H groups in total. The Kier molecular flexibility index (Phi) is 7.57. The van der Waals surface area contributed by atoms with Gasteiger partial charge in [-0.2, -0.15) is 4.39 Å². The van der Waals surface area contributed by atoms with E-state index < -0.39 is 16.4 Å². The van der Waals surface area contributed by atoms with Crippen molar-refractivity contribution in [3.05, 3.63) is 104 Å². The van der Waals surface area contributed by atoms with E-state index in [-0.39, 0.29) is 0 Å². The molecule has 0 amide bonds. The Morgan fingerprint density at radius 1 is 1.32 bits per heavy atom. The van der Waals surface area contributed by atoms with Crippen molar-refractivity contribution in [3.63, 3.8) is 0 Å². The normalized spacial score (nSPS) is 14.0. The quantitative estimate of drug-likeness (QED) is 0.137. The molecule has 1 aliphatic heterocycles. The number of nitrogens with two attached hydrogens (primary N) is 1. The van der Waals surface area contributed by atoms with Crippen LogP contribution < -0.4 is 11.1 Å². The van der Waals surface area contributed by atoms with Gasteiger partial charge in [0.2, 0.25) is 5.82 Å². The summed E-state index contributed by atoms with van der Waals surface area (Å²) in [6.45, 7) is 8.18. The van der Waals surface area contributed by atoms with Crippen molar-refractivity contribution in [3.8, 4) is 0 Å². The number of para-hydroxylation sites is 1. The van der Waals surface area contributed by atoms with Crippen LogP contribution in [0.1, 0.15) is 43.9 Å². The monoisotopic (exact) mass is 514 g/mol. The summed E-state index contributed by atoms with van der Waals surface area (Å²) in [5.41, 5.74) is 12.5. The molecule has 0 unspecified atom stereocenters. The van der Waals surface area contributed by atoms with E-state index in [2.05, 4.69) is 28.2 Å². The van der Waals surface area contributed by atoms with Crippen LogP contribution in [0.25, 0.3) is 10.9 Å². The molecule has 9 heteroatoms. The summed E-state index contributed by atoms with van der Waals surface area (Å²) in [6.07, 6.45) is 8.64. The van der Waals surface area contributed by atoms with Crippen LogP contribution in [0.5, 0.6) is 0 Å². The smallest absolute Gasteiger partial charge is 0.306 e. The molecule has 0 saturated heterocycles. The average Bonchev–Trinajstić information content (AvgIpc) is 3.24. The number of allylic oxidation sites excluding steroid dienone is 4. The summed E-state index contributed by atoms with van der Waals surface area (Å²) in [4.78, 5) is 15.7. The largest absolute Gasteiger partial charge is 0.398 e. The van der Waals surface area contributed by atoms with Crippen LogP contribution in [0.4, 0.5) is 15.8 Å². The molecule has 0 atom stereocenters. The molecule has 0 fully saturated rings. The van der Waals surface area contributed by atoms with Crippen molar-refractivity contribution < 1.29 is 9.31 Å². The molecule has 0 radical (unpaired) electrons. The molecule has 1 aliphatic rings. The van der Waals surface area contributed by atoms with E-state index in [1.807, 2.05) is 32.9 Å². The van der Waals surface area contributed by atoms with Gasteiger partial charge in [-0.15, -0.1) is 0 Å². The van der Waals surface area contributed by atoms with Gasteiger partial charge in [-0.25, -0.2) is 4.99 Å². The van der Waals surface area contributed by atoms with Crippen molar-refractivity contribution in [1.29, 1.82) is 5.41 Å². The minimum absolute atomic E-state index is 0.380. The number of hydrogen-bond donors (Lipinski definition) is 3. The highest BCUT2D eigenvalue weighted by Crippen LogP contribution is 2.33. The van der Waals surface area contributed by atoms with Gasteiger partial charge in [0.1, 0.15) is 5.82 Å². The number of nitrogens with one attached hydrogen (secondary N) is 2. The summed E-state index contributed by atoms with van der Waals surface area (Å²) >= 11 is 0. The fourth-order valence-electron chi connectivity index (χ4n) is 4.77. The number of halogens is 1. The predicted molar refractivity (Wildman–Crippen MR) is 151 cm³/mol. The maximum Gasteiger partial charge on any atom is 0.306 e. The zero-order valence-electron chi connectivity index (χ0n) is 21.9. The number of anilines is 1. The lowest BCUT2D eigenvalue weighted by Crippen LogP contribution is -2.15. The molecule has 0 aliphatic carbocycles. The van der Waals surface area contributed by atoms with Gasteiger partial charge in [0.25, 0.3) is 0 Å². The molecular weight excluding hydrogens is 483 g/mol. The Morgan fingerprint density at radius 2 is 2.08 bits per heavy atom. The van der Waals surface area contributed by atoms with Gasteiger partial charge in [0.05, 0.1) is 16.2 Å². The number of aryl methyl sites for hydroxylation is 3. The van der Waals surface area contributed by atoms with Gasteiger partial charge >= 0.3 is 5.69 Å². The van der Waals surface area contributed by atoms with Crippen LogP contribution in [0.3, 0.4) is 0 Å². The highest BCUT2D eigenvalue weighted by atomic mass is 19.1. The van der Waals surface area contributed by atoms with Gasteiger partial charge in [0.15, 0.2) is 0 Å². The van der Waals surface area contributed by atoms with Crippen LogP contribution in [0.15, 0.2) is 76.3 Å². The number of nitrogens with zero attached hydrogens (tertiary/aromatic N) is 3. The topological polar surface area (TPSA) is 122 Å². The Labute approximate surface area is 220 Å². The van der Waals surface area contributed by atoms with E-state index in [1.165, 1.54) is 23.2 Å². The molecule has 0 spiro atoms. The lowest BCUT2D eigenvalue weighted by molar-refractivity contribution is -0.387. The van der Waals surface area contributed by atoms with E-state index in [0.29, 0.717) is 34.1 Å². The number of benzene rings is 2. The Hall–Kier alpha value is -4.53. The molecule has 0 saturated carbocycles. The van der Waals surface area contributed by atoms with Crippen molar-refractivity contribution >= 4 is 34.2 Å². The van der Waals surface area contributed by atoms with E-state index in [4.69, 9.17) is 16.1 Å². The molecule has 8 nitrogen and oxygen atoms in total. The lowest BCUT2D eigenvalue weighted by atomic mass is 9.96.